The van der Waals surface area contributed by atoms with Crippen LogP contribution in [0.4, 0.5) is 21.5 Å². The molecule has 3 atom stereocenters. The van der Waals surface area contributed by atoms with Gasteiger partial charge < -0.3 is 19.7 Å². The number of halogens is 1. The Hall–Kier alpha value is -10.8. The minimum atomic E-state index is -0.375. The van der Waals surface area contributed by atoms with Crippen LogP contribution in [0.15, 0.2) is 358 Å². The third-order valence-electron chi connectivity index (χ3n) is 19.5. The second kappa shape index (κ2) is 37.1. The normalized spacial score (nSPS) is 12.1. The van der Waals surface area contributed by atoms with Crippen molar-refractivity contribution in [2.45, 2.75) is 51.7 Å². The van der Waals surface area contributed by atoms with Gasteiger partial charge >= 0.3 is 26.2 Å². The van der Waals surface area contributed by atoms with E-state index in [4.69, 9.17) is 10.2 Å². The molecule has 2 N–H and O–H groups in total. The molecule has 0 fully saturated rings. The van der Waals surface area contributed by atoms with Crippen LogP contribution in [0, 0.1) is 6.07 Å². The second-order valence-corrected chi connectivity index (χ2v) is 27.8. The maximum atomic E-state index is 10.6. The van der Waals surface area contributed by atoms with Crippen molar-refractivity contribution in [1.29, 1.82) is 0 Å². The number of aromatic nitrogens is 5. The number of benzene rings is 13. The largest absolute Gasteiger partial charge is 0.286 e. The van der Waals surface area contributed by atoms with E-state index in [1.165, 1.54) is 94.3 Å². The summed E-state index contributed by atoms with van der Waals surface area (Å²) in [5.41, 5.74) is 27.7. The Morgan fingerprint density at radius 1 is 0.418 bits per heavy atom. The van der Waals surface area contributed by atoms with Crippen LogP contribution in [0.2, 0.25) is 0 Å². The van der Waals surface area contributed by atoms with E-state index in [-0.39, 0.29) is 78.8 Å². The zero-order valence-corrected chi connectivity index (χ0v) is 69.5. The third kappa shape index (κ3) is 17.8. The average Bonchev–Trinajstić information content (AvgIpc) is 1.56. The van der Waals surface area contributed by atoms with Crippen LogP contribution in [0.5, 0.6) is 0 Å². The van der Waals surface area contributed by atoms with E-state index in [1.807, 2.05) is 85.2 Å². The topological polar surface area (TPSA) is 100 Å². The van der Waals surface area contributed by atoms with Gasteiger partial charge in [-0.05, 0) is 177 Å². The summed E-state index contributed by atoms with van der Waals surface area (Å²) >= 11 is 0. The van der Waals surface area contributed by atoms with Gasteiger partial charge in [0.2, 0.25) is 0 Å². The van der Waals surface area contributed by atoms with Crippen molar-refractivity contribution < 1.29 is 34.7 Å². The summed E-state index contributed by atoms with van der Waals surface area (Å²) in [6, 6.07) is 123. The minimum absolute atomic E-state index is 0. The first kappa shape index (κ1) is 78.8. The van der Waals surface area contributed by atoms with Crippen LogP contribution in [0.1, 0.15) is 45.2 Å². The molecule has 4 aromatic heterocycles. The summed E-state index contributed by atoms with van der Waals surface area (Å²) in [6.45, 7) is 8.02. The Morgan fingerprint density at radius 2 is 0.873 bits per heavy atom. The van der Waals surface area contributed by atoms with Gasteiger partial charge in [-0.25, -0.2) is 9.37 Å². The molecule has 1 aliphatic carbocycles. The molecule has 0 bridgehead atoms. The molecule has 4 radical (unpaired) electrons. The third-order valence-corrected chi connectivity index (χ3v) is 19.6. The van der Waals surface area contributed by atoms with Crippen molar-refractivity contribution >= 4 is 103 Å². The van der Waals surface area contributed by atoms with Crippen LogP contribution in [0.3, 0.4) is 0 Å². The van der Waals surface area contributed by atoms with Crippen molar-refractivity contribution in [3.63, 3.8) is 0 Å². The fourth-order valence-electron chi connectivity index (χ4n) is 14.4. The van der Waals surface area contributed by atoms with Gasteiger partial charge in [0.15, 0.2) is 0 Å². The van der Waals surface area contributed by atoms with E-state index in [1.54, 1.807) is 20.2 Å². The Balaban J connectivity index is 0.000000163. The van der Waals surface area contributed by atoms with E-state index in [2.05, 4.69) is 324 Å². The van der Waals surface area contributed by atoms with Crippen molar-refractivity contribution in [2.75, 3.05) is 11.3 Å². The molecule has 0 saturated carbocycles. The fraction of sp³-hybridized carbons (Fsp3) is 0.0928. The van der Waals surface area contributed by atoms with E-state index < -0.39 is 0 Å². The number of hydrogen-bond donors (Lipinski definition) is 2. The standard InChI is InChI=1S/C51H38N2.C24H16N2.C16H11N2.C5H12O2.CH3BFP.Bi.Ir.2H/c1-51(2)47-19-11-9-17-43(47)44-31-30-42(34-48(44)51)52(40-26-21-36(22-27-40)35-13-5-3-6-14-35)41-28-23-37(24-29-41)38-25-32-50-46(33-38)45-18-10-12-20-49(45)53(50)39-15-7-4-8-16-39;1-3-7-17(8-4-1)19-13-15-25-23-21(19)11-12-22-20(14-16-26-24(22)23)18-9-5-2-6-10-18;1-3-7-13(8-4-1)15-11-16(18-12-17-15)14-9-5-2-6-10-14;1-4(6)3-5(2)7;2-4-1-3;;;;/h3-34H,1-2H3;1-16H;1-9,11-12H;4-7H,3H2,1-2H3;4H,1H2;;;;/q;;-1;;;;;;. The second-order valence-electron chi connectivity index (χ2n) is 27.1. The van der Waals surface area contributed by atoms with Gasteiger partial charge in [0, 0.05) is 82.2 Å². The predicted molar refractivity (Wildman–Crippen MR) is 460 cm³/mol. The SMILES string of the molecule is CC(O)CC(C)O.CC1(C)c2ccccc2-c2ccc(N(c3ccc(-c4ccccc4)cc3)c3ccc(-c4ccc5c(c4)c4ccccc4n5-c4ccccc4)cc3)cc21.[B]PCF.[BiH2].[Ir].[c-]1ccccc1-c1cc(-c2ccccc2)ncn1.c1ccc(-c2ccnc3c2ccc2c(-c4ccccc4)ccnc23)cc1. The van der Waals surface area contributed by atoms with Crippen LogP contribution < -0.4 is 4.90 Å². The molecule has 0 amide bonds. The summed E-state index contributed by atoms with van der Waals surface area (Å²) in [4.78, 5) is 20.3. The Labute approximate surface area is 679 Å². The van der Waals surface area contributed by atoms with Crippen LogP contribution >= 0.6 is 8.46 Å². The Kier molecular flexibility index (Phi) is 26.6. The number of aliphatic hydroxyl groups is 2. The zero-order chi connectivity index (χ0) is 74.4. The fourth-order valence-corrected chi connectivity index (χ4v) is 14.4. The molecule has 8 nitrogen and oxygen atoms in total. The van der Waals surface area contributed by atoms with E-state index in [9.17, 15) is 4.39 Å². The van der Waals surface area contributed by atoms with Gasteiger partial charge in [0.05, 0.1) is 46.4 Å². The molecule has 0 aliphatic heterocycles. The number of hydrogen-bond acceptors (Lipinski definition) is 7. The molecule has 0 spiro atoms. The van der Waals surface area contributed by atoms with Gasteiger partial charge in [-0.1, -0.05) is 250 Å². The van der Waals surface area contributed by atoms with Gasteiger partial charge in [0.25, 0.3) is 0 Å². The molecule has 18 rings (SSSR count). The molecule has 110 heavy (non-hydrogen) atoms. The Bertz CT molecular complexity index is 5690. The van der Waals surface area contributed by atoms with E-state index in [0.29, 0.717) is 6.42 Å². The average molecular weight is 1830 g/mol. The summed E-state index contributed by atoms with van der Waals surface area (Å²) in [6.07, 6.45) is 4.69. The number of aliphatic hydroxyl groups excluding tert-OH is 2. The molecule has 13 heteroatoms. The number of fused-ring (bicyclic) bond motifs is 9. The molecular formula is C97H82BBiFIrN6O2P-. The summed E-state index contributed by atoms with van der Waals surface area (Å²) in [7, 11) is 4.65. The van der Waals surface area contributed by atoms with Crippen molar-refractivity contribution in [2.24, 2.45) is 0 Å². The first-order chi connectivity index (χ1) is 52.9. The van der Waals surface area contributed by atoms with Crippen LogP contribution in [0.25, 0.3) is 127 Å². The quantitative estimate of drug-likeness (QED) is 0.0513. The molecular weight excluding hydrogens is 1740 g/mol. The summed E-state index contributed by atoms with van der Waals surface area (Å²) in [5.74, 6) is 0. The van der Waals surface area contributed by atoms with Gasteiger partial charge in [-0.3, -0.25) is 15.0 Å². The molecule has 542 valence electrons. The number of rotatable bonds is 13. The summed E-state index contributed by atoms with van der Waals surface area (Å²) < 4.78 is 13.0. The van der Waals surface area contributed by atoms with Crippen molar-refractivity contribution in [1.82, 2.24) is 24.5 Å². The first-order valence-corrected chi connectivity index (χ1v) is 37.6. The van der Waals surface area contributed by atoms with Crippen molar-refractivity contribution in [3.8, 4) is 83.8 Å². The molecule has 17 aromatic rings. The zero-order valence-electron chi connectivity index (χ0n) is 61.6. The maximum absolute atomic E-state index is 10.6. The van der Waals surface area contributed by atoms with Crippen LogP contribution in [-0.2, 0) is 25.5 Å². The van der Waals surface area contributed by atoms with Crippen molar-refractivity contribution in [3.05, 3.63) is 376 Å². The summed E-state index contributed by atoms with van der Waals surface area (Å²) in [5, 5.41) is 21.9. The number of anilines is 3. The molecule has 1 aliphatic rings. The molecule has 13 aromatic carbocycles. The Morgan fingerprint density at radius 3 is 1.42 bits per heavy atom. The number of para-hydroxylation sites is 2. The maximum Gasteiger partial charge on any atom is 0.106 e. The monoisotopic (exact) mass is 1830 g/mol. The molecule has 3 unspecified atom stereocenters. The number of nitrogens with zero attached hydrogens (tertiary/aromatic N) is 6. The van der Waals surface area contributed by atoms with Crippen LogP contribution in [-0.4, -0.2) is 87.1 Å². The van der Waals surface area contributed by atoms with E-state index >= 15 is 0 Å². The van der Waals surface area contributed by atoms with Gasteiger partial charge in [-0.15, -0.1) is 44.4 Å². The molecule has 4 heterocycles. The van der Waals surface area contributed by atoms with Gasteiger partial charge in [-0.2, -0.15) is 0 Å². The van der Waals surface area contributed by atoms with Gasteiger partial charge in [0.1, 0.15) is 13.9 Å². The number of pyridine rings is 2. The smallest absolute Gasteiger partial charge is 0.106 e. The predicted octanol–water partition coefficient (Wildman–Crippen LogP) is 23.5. The first-order valence-electron chi connectivity index (χ1n) is 36.3. The van der Waals surface area contributed by atoms with E-state index in [0.717, 1.165) is 61.4 Å². The number of alkyl halides is 1. The molecule has 0 saturated heterocycles. The minimum Gasteiger partial charge on any atom is -0.286 e.